The molecule has 0 aromatic carbocycles. The van der Waals surface area contributed by atoms with E-state index in [1.54, 1.807) is 40.0 Å². The van der Waals surface area contributed by atoms with Crippen molar-refractivity contribution in [2.75, 3.05) is 0 Å². The van der Waals surface area contributed by atoms with E-state index in [1.807, 2.05) is 0 Å². The van der Waals surface area contributed by atoms with Crippen LogP contribution in [0.2, 0.25) is 0 Å². The molecule has 11 heteroatoms. The molecule has 184 valence electrons. The molecule has 0 saturated heterocycles. The average molecular weight is 482 g/mol. The molecule has 11 nitrogen and oxygen atoms in total. The van der Waals surface area contributed by atoms with Gasteiger partial charge in [-0.15, -0.1) is 0 Å². The van der Waals surface area contributed by atoms with Crippen LogP contribution < -0.4 is 16.6 Å². The monoisotopic (exact) mass is 481 g/mol. The number of alkyl carbamates (subject to hydrolysis) is 1. The van der Waals surface area contributed by atoms with E-state index in [-0.39, 0.29) is 18.3 Å². The number of carbonyl (C=O) groups excluding carboxylic acids is 2. The number of nitrogens with one attached hydrogen (secondary N) is 1. The SMILES string of the molecule is Cn1c(=O)n(-c2ccc(C[C@H](NC(=O)OC(C)(C)C)C(=O)OC3CC3)cn2)c(=O)c2ccncc21. The number of ether oxygens (including phenoxy) is 2. The molecular weight excluding hydrogens is 454 g/mol. The van der Waals surface area contributed by atoms with Crippen molar-refractivity contribution in [3.63, 3.8) is 0 Å². The molecule has 4 rings (SSSR count). The number of nitrogens with zero attached hydrogens (tertiary/aromatic N) is 4. The van der Waals surface area contributed by atoms with Crippen LogP contribution in [0.3, 0.4) is 0 Å². The van der Waals surface area contributed by atoms with Crippen molar-refractivity contribution < 1.29 is 19.1 Å². The number of fused-ring (bicyclic) bond motifs is 1. The van der Waals surface area contributed by atoms with Gasteiger partial charge in [-0.2, -0.15) is 0 Å². The van der Waals surface area contributed by atoms with E-state index in [1.165, 1.54) is 29.2 Å². The topological polar surface area (TPSA) is 134 Å². The average Bonchev–Trinajstić information content (AvgIpc) is 3.61. The van der Waals surface area contributed by atoms with Gasteiger partial charge in [0, 0.05) is 25.9 Å². The number of amides is 1. The van der Waals surface area contributed by atoms with E-state index in [0.717, 1.165) is 17.4 Å². The summed E-state index contributed by atoms with van der Waals surface area (Å²) in [6.45, 7) is 5.17. The molecule has 3 aromatic rings. The van der Waals surface area contributed by atoms with Crippen molar-refractivity contribution in [1.82, 2.24) is 24.4 Å². The van der Waals surface area contributed by atoms with Crippen LogP contribution in [0.15, 0.2) is 46.4 Å². The van der Waals surface area contributed by atoms with Crippen molar-refractivity contribution in [2.45, 2.75) is 57.8 Å². The van der Waals surface area contributed by atoms with Gasteiger partial charge in [-0.05, 0) is 51.3 Å². The molecule has 1 amide bonds. The lowest BCUT2D eigenvalue weighted by atomic mass is 10.1. The van der Waals surface area contributed by atoms with E-state index in [4.69, 9.17) is 9.47 Å². The highest BCUT2D eigenvalue weighted by atomic mass is 16.6. The van der Waals surface area contributed by atoms with Gasteiger partial charge in [0.1, 0.15) is 23.6 Å². The molecule has 3 heterocycles. The first-order valence-corrected chi connectivity index (χ1v) is 11.2. The number of rotatable bonds is 6. The summed E-state index contributed by atoms with van der Waals surface area (Å²) in [7, 11) is 1.55. The smallest absolute Gasteiger partial charge is 0.408 e. The fourth-order valence-electron chi connectivity index (χ4n) is 3.48. The maximum atomic E-state index is 13.0. The van der Waals surface area contributed by atoms with Gasteiger partial charge >= 0.3 is 17.8 Å². The summed E-state index contributed by atoms with van der Waals surface area (Å²) in [5.74, 6) is -0.425. The van der Waals surface area contributed by atoms with Gasteiger partial charge in [-0.1, -0.05) is 6.07 Å². The Bertz CT molecular complexity index is 1380. The summed E-state index contributed by atoms with van der Waals surface area (Å²) < 4.78 is 13.0. The lowest BCUT2D eigenvalue weighted by Crippen LogP contribution is -2.45. The van der Waals surface area contributed by atoms with Crippen molar-refractivity contribution in [1.29, 1.82) is 0 Å². The molecule has 1 N–H and O–H groups in total. The minimum absolute atomic E-state index is 0.0916. The molecule has 35 heavy (non-hydrogen) atoms. The van der Waals surface area contributed by atoms with Gasteiger partial charge in [-0.3, -0.25) is 14.3 Å². The molecule has 0 bridgehead atoms. The first-order chi connectivity index (χ1) is 16.5. The quantitative estimate of drug-likeness (QED) is 0.525. The van der Waals surface area contributed by atoms with Crippen LogP contribution in [-0.4, -0.2) is 48.9 Å². The zero-order valence-corrected chi connectivity index (χ0v) is 20.0. The highest BCUT2D eigenvalue weighted by molar-refractivity contribution is 5.82. The van der Waals surface area contributed by atoms with Crippen LogP contribution in [0.5, 0.6) is 0 Å². The predicted molar refractivity (Wildman–Crippen MR) is 126 cm³/mol. The van der Waals surface area contributed by atoms with E-state index in [9.17, 15) is 19.2 Å². The largest absolute Gasteiger partial charge is 0.461 e. The molecule has 0 spiro atoms. The van der Waals surface area contributed by atoms with Gasteiger partial charge in [0.05, 0.1) is 17.1 Å². The van der Waals surface area contributed by atoms with E-state index < -0.39 is 35.0 Å². The van der Waals surface area contributed by atoms with Gasteiger partial charge in [0.15, 0.2) is 0 Å². The summed E-state index contributed by atoms with van der Waals surface area (Å²) >= 11 is 0. The van der Waals surface area contributed by atoms with E-state index in [2.05, 4.69) is 15.3 Å². The molecule has 1 fully saturated rings. The Morgan fingerprint density at radius 3 is 2.54 bits per heavy atom. The van der Waals surface area contributed by atoms with E-state index >= 15 is 0 Å². The molecule has 1 saturated carbocycles. The summed E-state index contributed by atoms with van der Waals surface area (Å²) in [5.41, 5.74) is -0.789. The molecule has 1 aliphatic carbocycles. The summed E-state index contributed by atoms with van der Waals surface area (Å²) in [6.07, 6.45) is 5.21. The number of pyridine rings is 2. The van der Waals surface area contributed by atoms with Crippen LogP contribution in [0, 0.1) is 0 Å². The normalized spacial score (nSPS) is 14.4. The number of esters is 1. The Balaban J connectivity index is 1.59. The highest BCUT2D eigenvalue weighted by Gasteiger charge is 2.32. The minimum atomic E-state index is -0.984. The number of aryl methyl sites for hydroxylation is 1. The Kier molecular flexibility index (Phi) is 6.42. The third-order valence-corrected chi connectivity index (χ3v) is 5.33. The molecular formula is C24H27N5O6. The van der Waals surface area contributed by atoms with Crippen molar-refractivity contribution in [2.24, 2.45) is 7.05 Å². The maximum Gasteiger partial charge on any atom is 0.408 e. The Morgan fingerprint density at radius 2 is 1.91 bits per heavy atom. The van der Waals surface area contributed by atoms with Gasteiger partial charge in [0.2, 0.25) is 0 Å². The third kappa shape index (κ3) is 5.56. The standard InChI is InChI=1S/C24H27N5O6/c1-24(2,3)35-22(32)27-17(21(31)34-15-6-7-15)11-14-5-8-19(26-12-14)29-20(30)16-9-10-25-13-18(16)28(4)23(29)33/h5,8-10,12-13,15,17H,6-7,11H2,1-4H3,(H,27,32)/t17-/m0/s1. The number of hydrogen-bond donors (Lipinski definition) is 1. The predicted octanol–water partition coefficient (Wildman–Crippen LogP) is 1.62. The lowest BCUT2D eigenvalue weighted by molar-refractivity contribution is -0.147. The van der Waals surface area contributed by atoms with Crippen LogP contribution in [0.1, 0.15) is 39.2 Å². The Morgan fingerprint density at radius 1 is 1.17 bits per heavy atom. The zero-order chi connectivity index (χ0) is 25.3. The van der Waals surface area contributed by atoms with Crippen LogP contribution in [0.25, 0.3) is 16.7 Å². The Hall–Kier alpha value is -4.02. The van der Waals surface area contributed by atoms with Gasteiger partial charge in [0.25, 0.3) is 5.56 Å². The maximum absolute atomic E-state index is 13.0. The number of aromatic nitrogens is 4. The molecule has 0 unspecified atom stereocenters. The van der Waals surface area contributed by atoms with Crippen LogP contribution in [-0.2, 0) is 27.7 Å². The molecule has 3 aromatic heterocycles. The number of carbonyl (C=O) groups is 2. The highest BCUT2D eigenvalue weighted by Crippen LogP contribution is 2.24. The fraction of sp³-hybridized carbons (Fsp3) is 0.417. The summed E-state index contributed by atoms with van der Waals surface area (Å²) in [5, 5.41) is 2.90. The van der Waals surface area contributed by atoms with Gasteiger partial charge < -0.3 is 14.8 Å². The third-order valence-electron chi connectivity index (χ3n) is 5.33. The van der Waals surface area contributed by atoms with Crippen LogP contribution in [0.4, 0.5) is 4.79 Å². The Labute approximate surface area is 200 Å². The first kappa shape index (κ1) is 24.1. The molecule has 1 aliphatic rings. The lowest BCUT2D eigenvalue weighted by Gasteiger charge is -2.23. The van der Waals surface area contributed by atoms with Crippen molar-refractivity contribution in [3.05, 3.63) is 63.2 Å². The van der Waals surface area contributed by atoms with Crippen molar-refractivity contribution in [3.8, 4) is 5.82 Å². The van der Waals surface area contributed by atoms with E-state index in [0.29, 0.717) is 16.5 Å². The number of hydrogen-bond acceptors (Lipinski definition) is 8. The van der Waals surface area contributed by atoms with Gasteiger partial charge in [-0.25, -0.2) is 23.9 Å². The van der Waals surface area contributed by atoms with Crippen molar-refractivity contribution >= 4 is 23.0 Å². The first-order valence-electron chi connectivity index (χ1n) is 11.2. The minimum Gasteiger partial charge on any atom is -0.461 e. The fourth-order valence-corrected chi connectivity index (χ4v) is 3.48. The molecule has 0 aliphatic heterocycles. The second-order valence-corrected chi connectivity index (χ2v) is 9.44. The summed E-state index contributed by atoms with van der Waals surface area (Å²) in [4.78, 5) is 59.0. The molecule has 1 atom stereocenters. The van der Waals surface area contributed by atoms with Crippen LogP contribution >= 0.6 is 0 Å². The zero-order valence-electron chi connectivity index (χ0n) is 20.0. The second-order valence-electron chi connectivity index (χ2n) is 9.44. The second kappa shape index (κ2) is 9.32. The molecule has 0 radical (unpaired) electrons. The summed E-state index contributed by atoms with van der Waals surface area (Å²) in [6, 6.07) is 3.71.